The maximum atomic E-state index is 10.3. The Balaban J connectivity index is 2.02. The van der Waals surface area contributed by atoms with Crippen molar-refractivity contribution < 1.29 is 9.47 Å². The maximum absolute atomic E-state index is 10.3. The molecule has 2 N–H and O–H groups in total. The van der Waals surface area contributed by atoms with Crippen LogP contribution in [-0.2, 0) is 14.9 Å². The molecule has 0 bridgehead atoms. The second kappa shape index (κ2) is 4.74. The van der Waals surface area contributed by atoms with Gasteiger partial charge in [-0.1, -0.05) is 30.7 Å². The molecule has 1 aliphatic carbocycles. The molecule has 1 spiro atoms. The van der Waals surface area contributed by atoms with Crippen molar-refractivity contribution in [1.29, 1.82) is 10.5 Å². The molecule has 3 aliphatic rings. The van der Waals surface area contributed by atoms with E-state index in [1.165, 1.54) is 0 Å². The van der Waals surface area contributed by atoms with E-state index in [4.69, 9.17) is 26.8 Å². The molecule has 1 aromatic carbocycles. The molecule has 128 valence electrons. The number of amidine groups is 1. The first-order valence-electron chi connectivity index (χ1n) is 8.17. The van der Waals surface area contributed by atoms with Crippen molar-refractivity contribution in [1.82, 2.24) is 0 Å². The van der Waals surface area contributed by atoms with Gasteiger partial charge in [0, 0.05) is 5.02 Å². The van der Waals surface area contributed by atoms with Gasteiger partial charge in [-0.15, -0.1) is 0 Å². The van der Waals surface area contributed by atoms with Crippen molar-refractivity contribution >= 4 is 17.4 Å². The van der Waals surface area contributed by atoms with Crippen molar-refractivity contribution in [2.75, 3.05) is 6.61 Å². The second-order valence-electron chi connectivity index (χ2n) is 6.81. The lowest BCUT2D eigenvalue weighted by molar-refractivity contribution is -0.197. The summed E-state index contributed by atoms with van der Waals surface area (Å²) in [5.74, 6) is -1.45. The first-order chi connectivity index (χ1) is 11.9. The van der Waals surface area contributed by atoms with Gasteiger partial charge in [0.05, 0.1) is 30.3 Å². The van der Waals surface area contributed by atoms with Crippen LogP contribution in [0.15, 0.2) is 29.3 Å². The van der Waals surface area contributed by atoms with Gasteiger partial charge in [0.25, 0.3) is 5.91 Å². The molecule has 0 unspecified atom stereocenters. The Labute approximate surface area is 150 Å². The third-order valence-electron chi connectivity index (χ3n) is 5.98. The SMILES string of the molecule is CC[C@@]1(c2ccc(Cl)cc2)[C@]2(C#N)C(N)=N[C@@]3(OC[C@H](C)O3)[C@@]21C#N. The number of nitriles is 2. The highest BCUT2D eigenvalue weighted by atomic mass is 35.5. The fourth-order valence-electron chi connectivity index (χ4n) is 5.09. The van der Waals surface area contributed by atoms with Crippen molar-refractivity contribution in [2.45, 2.75) is 37.7 Å². The van der Waals surface area contributed by atoms with Crippen LogP contribution in [0.5, 0.6) is 0 Å². The van der Waals surface area contributed by atoms with Gasteiger partial charge >= 0.3 is 0 Å². The third-order valence-corrected chi connectivity index (χ3v) is 6.24. The quantitative estimate of drug-likeness (QED) is 0.876. The molecule has 0 amide bonds. The first kappa shape index (κ1) is 16.4. The standard InChI is InChI=1S/C18H17ClN4O2/c1-3-15(12-4-6-13(19)7-5-12)16(9-20)14(22)23-18(17(15,16)10-21)24-8-11(2)25-18/h4-7,11H,3,8H2,1-2H3,(H2,22,23)/t11-,15+,16-,17+,18+/m0/s1. The molecule has 2 heterocycles. The summed E-state index contributed by atoms with van der Waals surface area (Å²) in [6, 6.07) is 11.8. The predicted octanol–water partition coefficient (Wildman–Crippen LogP) is 2.48. The highest BCUT2D eigenvalue weighted by Crippen LogP contribution is 2.86. The van der Waals surface area contributed by atoms with E-state index >= 15 is 0 Å². The van der Waals surface area contributed by atoms with Gasteiger partial charge < -0.3 is 15.2 Å². The molecule has 2 fully saturated rings. The molecule has 6 nitrogen and oxygen atoms in total. The minimum Gasteiger partial charge on any atom is -0.386 e. The van der Waals surface area contributed by atoms with Crippen LogP contribution in [0, 0.1) is 33.5 Å². The number of hydrogen-bond acceptors (Lipinski definition) is 6. The lowest BCUT2D eigenvalue weighted by Crippen LogP contribution is -2.43. The maximum Gasteiger partial charge on any atom is 0.294 e. The summed E-state index contributed by atoms with van der Waals surface area (Å²) in [6.45, 7) is 4.07. The molecule has 1 aromatic rings. The normalized spacial score (nSPS) is 44.0. The van der Waals surface area contributed by atoms with Crippen molar-refractivity contribution in [3.05, 3.63) is 34.9 Å². The largest absolute Gasteiger partial charge is 0.386 e. The highest BCUT2D eigenvalue weighted by molar-refractivity contribution is 6.30. The van der Waals surface area contributed by atoms with E-state index in [-0.39, 0.29) is 11.9 Å². The summed E-state index contributed by atoms with van der Waals surface area (Å²) in [6.07, 6.45) is 0.270. The zero-order valence-electron chi connectivity index (χ0n) is 13.9. The zero-order valence-corrected chi connectivity index (χ0v) is 14.7. The number of fused-ring (bicyclic) bond motifs is 2. The van der Waals surface area contributed by atoms with Crippen LogP contribution in [0.1, 0.15) is 25.8 Å². The van der Waals surface area contributed by atoms with Gasteiger partial charge in [0.2, 0.25) is 0 Å². The van der Waals surface area contributed by atoms with Crippen LogP contribution in [-0.4, -0.2) is 24.5 Å². The summed E-state index contributed by atoms with van der Waals surface area (Å²) in [5.41, 5.74) is 3.55. The molecular weight excluding hydrogens is 340 g/mol. The van der Waals surface area contributed by atoms with E-state index in [1.807, 2.05) is 26.0 Å². The molecule has 0 aromatic heterocycles. The second-order valence-corrected chi connectivity index (χ2v) is 7.24. The van der Waals surface area contributed by atoms with Crippen LogP contribution in [0.3, 0.4) is 0 Å². The Kier molecular flexibility index (Phi) is 3.10. The van der Waals surface area contributed by atoms with Gasteiger partial charge in [-0.2, -0.15) is 10.5 Å². The van der Waals surface area contributed by atoms with Crippen molar-refractivity contribution in [2.24, 2.45) is 21.6 Å². The van der Waals surface area contributed by atoms with E-state index in [0.29, 0.717) is 18.1 Å². The summed E-state index contributed by atoms with van der Waals surface area (Å²) >= 11 is 6.02. The molecule has 0 radical (unpaired) electrons. The van der Waals surface area contributed by atoms with Gasteiger partial charge in [0.1, 0.15) is 5.84 Å². The van der Waals surface area contributed by atoms with E-state index in [1.54, 1.807) is 12.1 Å². The van der Waals surface area contributed by atoms with E-state index in [0.717, 1.165) is 5.56 Å². The van der Waals surface area contributed by atoms with Crippen LogP contribution >= 0.6 is 11.6 Å². The Morgan fingerprint density at radius 2 is 2.00 bits per heavy atom. The fraction of sp³-hybridized carbons (Fsp3) is 0.500. The van der Waals surface area contributed by atoms with E-state index in [2.05, 4.69) is 17.1 Å². The molecule has 1 saturated heterocycles. The number of ether oxygens (including phenoxy) is 2. The summed E-state index contributed by atoms with van der Waals surface area (Å²) in [7, 11) is 0. The number of nitrogens with zero attached hydrogens (tertiary/aromatic N) is 3. The van der Waals surface area contributed by atoms with Crippen LogP contribution in [0.2, 0.25) is 5.02 Å². The number of rotatable bonds is 2. The van der Waals surface area contributed by atoms with Crippen LogP contribution in [0.4, 0.5) is 0 Å². The van der Waals surface area contributed by atoms with E-state index < -0.39 is 22.2 Å². The minimum absolute atomic E-state index is 0.0995. The molecular formula is C18H17ClN4O2. The van der Waals surface area contributed by atoms with Gasteiger partial charge in [-0.3, -0.25) is 0 Å². The number of benzene rings is 1. The summed E-state index contributed by atoms with van der Waals surface area (Å²) in [4.78, 5) is 4.35. The van der Waals surface area contributed by atoms with Crippen LogP contribution < -0.4 is 5.73 Å². The Hall–Kier alpha value is -2.12. The monoisotopic (exact) mass is 356 g/mol. The van der Waals surface area contributed by atoms with Crippen LogP contribution in [0.25, 0.3) is 0 Å². The lowest BCUT2D eigenvalue weighted by Gasteiger charge is -2.31. The number of aliphatic imine (C=N–C) groups is 1. The van der Waals surface area contributed by atoms with Crippen molar-refractivity contribution in [3.63, 3.8) is 0 Å². The van der Waals surface area contributed by atoms with Gasteiger partial charge in [-0.25, -0.2) is 4.99 Å². The highest BCUT2D eigenvalue weighted by Gasteiger charge is 3.01. The summed E-state index contributed by atoms with van der Waals surface area (Å²) < 4.78 is 11.8. The van der Waals surface area contributed by atoms with Gasteiger partial charge in [0.15, 0.2) is 10.8 Å². The average molecular weight is 357 g/mol. The smallest absolute Gasteiger partial charge is 0.294 e. The molecule has 2 aliphatic heterocycles. The molecule has 7 heteroatoms. The molecule has 4 rings (SSSR count). The summed E-state index contributed by atoms with van der Waals surface area (Å²) in [5, 5.41) is 21.0. The third kappa shape index (κ3) is 1.39. The topological polar surface area (TPSA) is 104 Å². The number of halogens is 1. The first-order valence-corrected chi connectivity index (χ1v) is 8.55. The molecule has 5 atom stereocenters. The number of hydrogen-bond donors (Lipinski definition) is 1. The minimum atomic E-state index is -1.55. The van der Waals surface area contributed by atoms with Gasteiger partial charge in [-0.05, 0) is 31.0 Å². The number of nitrogens with two attached hydrogens (primary N) is 1. The van der Waals surface area contributed by atoms with Crippen molar-refractivity contribution in [3.8, 4) is 12.1 Å². The lowest BCUT2D eigenvalue weighted by atomic mass is 9.80. The average Bonchev–Trinajstić information content (AvgIpc) is 2.86. The Morgan fingerprint density at radius 1 is 1.32 bits per heavy atom. The molecule has 25 heavy (non-hydrogen) atoms. The van der Waals surface area contributed by atoms with E-state index in [9.17, 15) is 10.5 Å². The predicted molar refractivity (Wildman–Crippen MR) is 90.4 cm³/mol. The fourth-order valence-corrected chi connectivity index (χ4v) is 5.21. The zero-order chi connectivity index (χ0) is 18.1. The Morgan fingerprint density at radius 3 is 2.48 bits per heavy atom. The Bertz CT molecular complexity index is 873. The molecule has 1 saturated carbocycles.